The molecular weight excluding hydrogens is 363 g/mol. The van der Waals surface area contributed by atoms with Crippen LogP contribution in [0.3, 0.4) is 0 Å². The summed E-state index contributed by atoms with van der Waals surface area (Å²) in [6, 6.07) is 11.4. The van der Waals surface area contributed by atoms with Gasteiger partial charge in [0.2, 0.25) is 5.91 Å². The van der Waals surface area contributed by atoms with Crippen molar-refractivity contribution in [3.8, 4) is 16.3 Å². The van der Waals surface area contributed by atoms with Crippen LogP contribution in [-0.4, -0.2) is 18.0 Å². The Morgan fingerprint density at radius 2 is 2.04 bits per heavy atom. The molecule has 0 radical (unpaired) electrons. The number of nitrogens with one attached hydrogen (secondary N) is 1. The lowest BCUT2D eigenvalue weighted by Gasteiger charge is -2.06. The van der Waals surface area contributed by atoms with Gasteiger partial charge in [-0.1, -0.05) is 11.6 Å². The molecule has 0 aliphatic heterocycles. The first kappa shape index (κ1) is 17.4. The number of ether oxygens (including phenoxy) is 1. The van der Waals surface area contributed by atoms with Gasteiger partial charge < -0.3 is 10.1 Å². The molecule has 2 aromatic carbocycles. The highest BCUT2D eigenvalue weighted by molar-refractivity contribution is 7.13. The molecule has 0 aliphatic rings. The molecule has 0 saturated heterocycles. The number of thiazole rings is 1. The molecule has 0 fully saturated rings. The fourth-order valence-electron chi connectivity index (χ4n) is 2.20. The highest BCUT2D eigenvalue weighted by Crippen LogP contribution is 2.26. The second-order valence-corrected chi connectivity index (χ2v) is 6.49. The Balaban J connectivity index is 1.67. The van der Waals surface area contributed by atoms with Crippen LogP contribution in [0, 0.1) is 5.82 Å². The Morgan fingerprint density at radius 3 is 2.72 bits per heavy atom. The normalized spacial score (nSPS) is 10.5. The summed E-state index contributed by atoms with van der Waals surface area (Å²) < 4.78 is 18.2. The number of hydrogen-bond acceptors (Lipinski definition) is 4. The average molecular weight is 377 g/mol. The molecule has 7 heteroatoms. The van der Waals surface area contributed by atoms with Gasteiger partial charge in [-0.25, -0.2) is 9.37 Å². The first-order chi connectivity index (χ1) is 12.0. The molecule has 0 atom stereocenters. The van der Waals surface area contributed by atoms with Gasteiger partial charge in [0.25, 0.3) is 0 Å². The topological polar surface area (TPSA) is 51.2 Å². The molecule has 128 valence electrons. The van der Waals surface area contributed by atoms with Crippen LogP contribution >= 0.6 is 22.9 Å². The molecule has 1 heterocycles. The Morgan fingerprint density at radius 1 is 1.28 bits per heavy atom. The minimum atomic E-state index is -0.452. The number of carbonyl (C=O) groups excluding carboxylic acids is 1. The van der Waals surface area contributed by atoms with Crippen molar-refractivity contribution in [2.24, 2.45) is 0 Å². The van der Waals surface area contributed by atoms with E-state index in [9.17, 15) is 9.18 Å². The van der Waals surface area contributed by atoms with E-state index in [-0.39, 0.29) is 17.4 Å². The van der Waals surface area contributed by atoms with E-state index in [0.29, 0.717) is 11.4 Å². The number of hydrogen-bond donors (Lipinski definition) is 1. The quantitative estimate of drug-likeness (QED) is 0.696. The first-order valence-corrected chi connectivity index (χ1v) is 8.64. The molecular formula is C18H14ClFN2O2S. The van der Waals surface area contributed by atoms with E-state index in [2.05, 4.69) is 10.3 Å². The second-order valence-electron chi connectivity index (χ2n) is 5.22. The summed E-state index contributed by atoms with van der Waals surface area (Å²) in [5, 5.41) is 5.48. The van der Waals surface area contributed by atoms with Crippen LogP contribution in [0.4, 0.5) is 10.1 Å². The summed E-state index contributed by atoms with van der Waals surface area (Å²) >= 11 is 7.37. The number of rotatable bonds is 5. The van der Waals surface area contributed by atoms with Crippen LogP contribution in [-0.2, 0) is 11.2 Å². The highest BCUT2D eigenvalue weighted by Gasteiger charge is 2.11. The maximum atomic E-state index is 13.0. The van der Waals surface area contributed by atoms with Crippen molar-refractivity contribution in [2.75, 3.05) is 12.4 Å². The average Bonchev–Trinajstić information content (AvgIpc) is 3.06. The lowest BCUT2D eigenvalue weighted by atomic mass is 10.2. The second kappa shape index (κ2) is 7.63. The third-order valence-corrected chi connectivity index (χ3v) is 4.69. The van der Waals surface area contributed by atoms with E-state index in [1.54, 1.807) is 7.11 Å². The zero-order valence-corrected chi connectivity index (χ0v) is 14.8. The van der Waals surface area contributed by atoms with Crippen LogP contribution < -0.4 is 10.1 Å². The molecule has 1 amide bonds. The monoisotopic (exact) mass is 376 g/mol. The summed E-state index contributed by atoms with van der Waals surface area (Å²) in [5.41, 5.74) is 1.99. The van der Waals surface area contributed by atoms with Crippen molar-refractivity contribution in [3.63, 3.8) is 0 Å². The van der Waals surface area contributed by atoms with E-state index in [1.165, 1.54) is 23.5 Å². The van der Waals surface area contributed by atoms with Crippen molar-refractivity contribution < 1.29 is 13.9 Å². The van der Waals surface area contributed by atoms with Gasteiger partial charge >= 0.3 is 0 Å². The molecule has 3 aromatic rings. The zero-order chi connectivity index (χ0) is 17.8. The van der Waals surface area contributed by atoms with Crippen LogP contribution in [0.2, 0.25) is 5.02 Å². The van der Waals surface area contributed by atoms with Crippen LogP contribution in [0.5, 0.6) is 5.75 Å². The Kier molecular flexibility index (Phi) is 5.31. The number of aromatic nitrogens is 1. The van der Waals surface area contributed by atoms with Gasteiger partial charge in [0.05, 0.1) is 29.9 Å². The third kappa shape index (κ3) is 4.35. The summed E-state index contributed by atoms with van der Waals surface area (Å²) in [5.74, 6) is 0.0582. The van der Waals surface area contributed by atoms with Crippen molar-refractivity contribution in [3.05, 3.63) is 64.4 Å². The lowest BCUT2D eigenvalue weighted by Crippen LogP contribution is -2.14. The molecule has 1 N–H and O–H groups in total. The van der Waals surface area contributed by atoms with E-state index in [4.69, 9.17) is 16.3 Å². The number of halogens is 2. The first-order valence-electron chi connectivity index (χ1n) is 7.39. The summed E-state index contributed by atoms with van der Waals surface area (Å²) in [6.45, 7) is 0. The van der Waals surface area contributed by atoms with Crippen molar-refractivity contribution in [1.29, 1.82) is 0 Å². The molecule has 0 unspecified atom stereocenters. The maximum Gasteiger partial charge on any atom is 0.230 e. The molecule has 0 saturated carbocycles. The molecule has 25 heavy (non-hydrogen) atoms. The van der Waals surface area contributed by atoms with E-state index in [1.807, 2.05) is 29.6 Å². The van der Waals surface area contributed by atoms with Gasteiger partial charge in [-0.15, -0.1) is 11.3 Å². The fraction of sp³-hybridized carbons (Fsp3) is 0.111. The van der Waals surface area contributed by atoms with Gasteiger partial charge in [-0.2, -0.15) is 0 Å². The van der Waals surface area contributed by atoms with Gasteiger partial charge in [0, 0.05) is 10.9 Å². The van der Waals surface area contributed by atoms with Gasteiger partial charge in [-0.05, 0) is 42.5 Å². The van der Waals surface area contributed by atoms with Crippen molar-refractivity contribution in [2.45, 2.75) is 6.42 Å². The summed E-state index contributed by atoms with van der Waals surface area (Å²) in [7, 11) is 1.61. The van der Waals surface area contributed by atoms with Crippen LogP contribution in [0.1, 0.15) is 5.69 Å². The third-order valence-electron chi connectivity index (χ3n) is 3.44. The van der Waals surface area contributed by atoms with E-state index >= 15 is 0 Å². The number of methoxy groups -OCH3 is 1. The minimum Gasteiger partial charge on any atom is -0.497 e. The van der Waals surface area contributed by atoms with Crippen LogP contribution in [0.25, 0.3) is 10.6 Å². The van der Waals surface area contributed by atoms with E-state index < -0.39 is 5.82 Å². The SMILES string of the molecule is COc1ccc(-c2nc(CC(=O)Nc3ccc(F)cc3Cl)cs2)cc1. The van der Waals surface area contributed by atoms with Gasteiger partial charge in [-0.3, -0.25) is 4.79 Å². The van der Waals surface area contributed by atoms with Crippen molar-refractivity contribution >= 4 is 34.5 Å². The molecule has 0 aliphatic carbocycles. The maximum absolute atomic E-state index is 13.0. The number of benzene rings is 2. The van der Waals surface area contributed by atoms with Gasteiger partial charge in [0.1, 0.15) is 16.6 Å². The molecule has 3 rings (SSSR count). The summed E-state index contributed by atoms with van der Waals surface area (Å²) in [6.07, 6.45) is 0.111. The number of nitrogens with zero attached hydrogens (tertiary/aromatic N) is 1. The smallest absolute Gasteiger partial charge is 0.230 e. The van der Waals surface area contributed by atoms with Gasteiger partial charge in [0.15, 0.2) is 0 Å². The molecule has 4 nitrogen and oxygen atoms in total. The molecule has 0 spiro atoms. The number of anilines is 1. The largest absolute Gasteiger partial charge is 0.497 e. The van der Waals surface area contributed by atoms with Crippen LogP contribution in [0.15, 0.2) is 47.8 Å². The van der Waals surface area contributed by atoms with E-state index in [0.717, 1.165) is 22.4 Å². The predicted octanol–water partition coefficient (Wildman–Crippen LogP) is 4.79. The minimum absolute atomic E-state index is 0.111. The number of amides is 1. The lowest BCUT2D eigenvalue weighted by molar-refractivity contribution is -0.115. The van der Waals surface area contributed by atoms with Crippen molar-refractivity contribution in [1.82, 2.24) is 4.98 Å². The Bertz CT molecular complexity index is 896. The zero-order valence-electron chi connectivity index (χ0n) is 13.3. The summed E-state index contributed by atoms with van der Waals surface area (Å²) in [4.78, 5) is 16.6. The molecule has 0 bridgehead atoms. The Hall–Kier alpha value is -2.44. The molecule has 1 aromatic heterocycles. The standard InChI is InChI=1S/C18H14ClFN2O2S/c1-24-14-5-2-11(3-6-14)18-21-13(10-25-18)9-17(23)22-16-7-4-12(20)8-15(16)19/h2-8,10H,9H2,1H3,(H,22,23). The number of carbonyl (C=O) groups is 1. The Labute approximate surface area is 153 Å². The predicted molar refractivity (Wildman–Crippen MR) is 97.8 cm³/mol. The fourth-order valence-corrected chi connectivity index (χ4v) is 3.24. The highest BCUT2D eigenvalue weighted by atomic mass is 35.5.